The highest BCUT2D eigenvalue weighted by Crippen LogP contribution is 2.40. The van der Waals surface area contributed by atoms with Crippen molar-refractivity contribution in [3.05, 3.63) is 83.9 Å². The number of hydrogen-bond acceptors (Lipinski definition) is 6. The van der Waals surface area contributed by atoms with Gasteiger partial charge in [0.05, 0.1) is 19.5 Å². The molecule has 5 rings (SSSR count). The molecule has 32 heavy (non-hydrogen) atoms. The fraction of sp³-hybridized carbons (Fsp3) is 0.160. The maximum absolute atomic E-state index is 13.2. The second kappa shape index (κ2) is 8.51. The number of benzene rings is 3. The molecule has 0 amide bonds. The maximum atomic E-state index is 13.2. The summed E-state index contributed by atoms with van der Waals surface area (Å²) in [5.74, 6) is 1.99. The number of para-hydroxylation sites is 1. The van der Waals surface area contributed by atoms with Crippen molar-refractivity contribution in [1.29, 1.82) is 0 Å². The van der Waals surface area contributed by atoms with Gasteiger partial charge in [0.2, 0.25) is 0 Å². The van der Waals surface area contributed by atoms with E-state index in [-0.39, 0.29) is 11.0 Å². The molecule has 0 fully saturated rings. The van der Waals surface area contributed by atoms with E-state index < -0.39 is 0 Å². The summed E-state index contributed by atoms with van der Waals surface area (Å²) in [6.45, 7) is 0. The van der Waals surface area contributed by atoms with Gasteiger partial charge in [-0.05, 0) is 36.2 Å². The van der Waals surface area contributed by atoms with E-state index in [0.29, 0.717) is 28.6 Å². The van der Waals surface area contributed by atoms with Crippen molar-refractivity contribution in [2.45, 2.75) is 16.8 Å². The molecule has 6 nitrogen and oxygen atoms in total. The Hall–Kier alpha value is -3.58. The van der Waals surface area contributed by atoms with Gasteiger partial charge in [-0.25, -0.2) is 0 Å². The molecule has 0 unspecified atom stereocenters. The molecule has 3 aromatic carbocycles. The number of thioether (sulfide) groups is 1. The lowest BCUT2D eigenvalue weighted by atomic mass is 10.1. The number of aromatic nitrogens is 3. The Kier molecular flexibility index (Phi) is 5.41. The van der Waals surface area contributed by atoms with E-state index >= 15 is 0 Å². The number of nitrogens with zero attached hydrogens (tertiary/aromatic N) is 3. The summed E-state index contributed by atoms with van der Waals surface area (Å²) in [4.78, 5) is 13.2. The van der Waals surface area contributed by atoms with Crippen molar-refractivity contribution in [2.75, 3.05) is 14.2 Å². The van der Waals surface area contributed by atoms with E-state index in [1.54, 1.807) is 20.3 Å². The molecule has 0 saturated heterocycles. The van der Waals surface area contributed by atoms with Crippen molar-refractivity contribution in [3.8, 4) is 28.6 Å². The molecule has 0 N–H and O–H groups in total. The van der Waals surface area contributed by atoms with Gasteiger partial charge in [0.1, 0.15) is 0 Å². The first kappa shape index (κ1) is 20.3. The van der Waals surface area contributed by atoms with E-state index in [9.17, 15) is 4.79 Å². The Morgan fingerprint density at radius 3 is 2.25 bits per heavy atom. The van der Waals surface area contributed by atoms with Crippen molar-refractivity contribution < 1.29 is 14.3 Å². The molecule has 1 aliphatic carbocycles. The molecule has 0 spiro atoms. The van der Waals surface area contributed by atoms with E-state index in [4.69, 9.17) is 9.47 Å². The van der Waals surface area contributed by atoms with Gasteiger partial charge < -0.3 is 9.47 Å². The van der Waals surface area contributed by atoms with Crippen LogP contribution >= 0.6 is 11.8 Å². The standard InChI is InChI=1S/C25H21N3O3S/c1-30-20-13-17-14-22(23(29)19(17)15-21(20)31-2)32-25-27-26-24(16-9-5-3-6-10-16)28(25)18-11-7-4-8-12-18/h3-13,15,22H,14H2,1-2H3/t22-/m1/s1. The third kappa shape index (κ3) is 3.54. The van der Waals surface area contributed by atoms with Gasteiger partial charge >= 0.3 is 0 Å². The lowest BCUT2D eigenvalue weighted by Gasteiger charge is -2.12. The fourth-order valence-electron chi connectivity index (χ4n) is 3.94. The minimum absolute atomic E-state index is 0.0647. The molecule has 160 valence electrons. The molecule has 1 aliphatic rings. The molecular weight excluding hydrogens is 422 g/mol. The maximum Gasteiger partial charge on any atom is 0.196 e. The monoisotopic (exact) mass is 443 g/mol. The number of methoxy groups -OCH3 is 2. The molecule has 4 aromatic rings. The fourth-order valence-corrected chi connectivity index (χ4v) is 5.07. The second-order valence-corrected chi connectivity index (χ2v) is 8.55. The van der Waals surface area contributed by atoms with Crippen molar-refractivity contribution in [2.24, 2.45) is 0 Å². The zero-order chi connectivity index (χ0) is 22.1. The van der Waals surface area contributed by atoms with Crippen molar-refractivity contribution >= 4 is 17.5 Å². The third-order valence-corrected chi connectivity index (χ3v) is 6.64. The zero-order valence-electron chi connectivity index (χ0n) is 17.7. The number of ether oxygens (including phenoxy) is 2. The number of carbonyl (C=O) groups is 1. The van der Waals surface area contributed by atoms with Crippen LogP contribution in [0, 0.1) is 0 Å². The van der Waals surface area contributed by atoms with Gasteiger partial charge in [-0.2, -0.15) is 0 Å². The first-order chi connectivity index (χ1) is 15.7. The number of fused-ring (bicyclic) bond motifs is 1. The second-order valence-electron chi connectivity index (χ2n) is 7.38. The van der Waals surface area contributed by atoms with E-state index in [1.807, 2.05) is 71.3 Å². The molecule has 0 saturated carbocycles. The van der Waals surface area contributed by atoms with Gasteiger partial charge in [0.15, 0.2) is 28.3 Å². The van der Waals surface area contributed by atoms with E-state index in [1.165, 1.54) is 11.8 Å². The van der Waals surface area contributed by atoms with Crippen molar-refractivity contribution in [3.63, 3.8) is 0 Å². The van der Waals surface area contributed by atoms with Gasteiger partial charge in [-0.1, -0.05) is 60.3 Å². The van der Waals surface area contributed by atoms with Crippen LogP contribution in [0.25, 0.3) is 17.1 Å². The Bertz CT molecular complexity index is 1270. The van der Waals surface area contributed by atoms with Crippen LogP contribution in [0.3, 0.4) is 0 Å². The van der Waals surface area contributed by atoms with Crippen LogP contribution in [-0.2, 0) is 6.42 Å². The number of hydrogen-bond donors (Lipinski definition) is 0. The predicted molar refractivity (Wildman–Crippen MR) is 124 cm³/mol. The van der Waals surface area contributed by atoms with Crippen molar-refractivity contribution in [1.82, 2.24) is 14.8 Å². The smallest absolute Gasteiger partial charge is 0.196 e. The highest BCUT2D eigenvalue weighted by atomic mass is 32.2. The van der Waals surface area contributed by atoms with Crippen LogP contribution < -0.4 is 9.47 Å². The van der Waals surface area contributed by atoms with Crippen LogP contribution in [0.4, 0.5) is 0 Å². The van der Waals surface area contributed by atoms with E-state index in [0.717, 1.165) is 22.6 Å². The SMILES string of the molecule is COc1cc2c(cc1OC)C(=O)[C@H](Sc1nnc(-c3ccccc3)n1-c1ccccc1)C2. The van der Waals surface area contributed by atoms with Gasteiger partial charge in [-0.3, -0.25) is 9.36 Å². The lowest BCUT2D eigenvalue weighted by Crippen LogP contribution is -2.13. The van der Waals surface area contributed by atoms with Crippen LogP contribution in [0.15, 0.2) is 78.0 Å². The molecule has 7 heteroatoms. The summed E-state index contributed by atoms with van der Waals surface area (Å²) in [6, 6.07) is 23.6. The minimum atomic E-state index is -0.294. The Balaban J connectivity index is 1.52. The largest absolute Gasteiger partial charge is 0.493 e. The normalized spacial score (nSPS) is 14.9. The summed E-state index contributed by atoms with van der Waals surface area (Å²) in [6.07, 6.45) is 0.599. The predicted octanol–water partition coefficient (Wildman–Crippen LogP) is 4.85. The Labute approximate surface area is 190 Å². The molecular formula is C25H21N3O3S. The summed E-state index contributed by atoms with van der Waals surface area (Å²) >= 11 is 1.44. The highest BCUT2D eigenvalue weighted by molar-refractivity contribution is 8.00. The third-order valence-electron chi connectivity index (χ3n) is 5.50. The molecule has 0 aliphatic heterocycles. The number of carbonyl (C=O) groups excluding carboxylic acids is 1. The molecule has 0 radical (unpaired) electrons. The van der Waals surface area contributed by atoms with Crippen LogP contribution in [-0.4, -0.2) is 40.0 Å². The molecule has 0 bridgehead atoms. The highest BCUT2D eigenvalue weighted by Gasteiger charge is 2.34. The summed E-state index contributed by atoms with van der Waals surface area (Å²) in [5.41, 5.74) is 3.55. The summed E-state index contributed by atoms with van der Waals surface area (Å²) < 4.78 is 12.8. The first-order valence-corrected chi connectivity index (χ1v) is 11.1. The van der Waals surface area contributed by atoms with Gasteiger partial charge in [0, 0.05) is 16.8 Å². The minimum Gasteiger partial charge on any atom is -0.493 e. The van der Waals surface area contributed by atoms with Gasteiger partial charge in [0.25, 0.3) is 0 Å². The number of ketones is 1. The van der Waals surface area contributed by atoms with E-state index in [2.05, 4.69) is 10.2 Å². The average Bonchev–Trinajstić information content (AvgIpc) is 3.40. The summed E-state index contributed by atoms with van der Waals surface area (Å²) in [5, 5.41) is 9.33. The molecule has 1 aromatic heterocycles. The number of Topliss-reactive ketones (excluding diaryl/α,β-unsaturated/α-hetero) is 1. The topological polar surface area (TPSA) is 66.2 Å². The van der Waals surface area contributed by atoms with Crippen LogP contribution in [0.5, 0.6) is 11.5 Å². The zero-order valence-corrected chi connectivity index (χ0v) is 18.5. The molecule has 1 atom stereocenters. The van der Waals surface area contributed by atoms with Crippen LogP contribution in [0.1, 0.15) is 15.9 Å². The lowest BCUT2D eigenvalue weighted by molar-refractivity contribution is 0.1000. The molecule has 1 heterocycles. The summed E-state index contributed by atoms with van der Waals surface area (Å²) in [7, 11) is 3.17. The Morgan fingerprint density at radius 2 is 1.56 bits per heavy atom. The Morgan fingerprint density at radius 1 is 0.906 bits per heavy atom. The average molecular weight is 444 g/mol. The number of rotatable bonds is 6. The van der Waals surface area contributed by atoms with Gasteiger partial charge in [-0.15, -0.1) is 10.2 Å². The quantitative estimate of drug-likeness (QED) is 0.424. The van der Waals surface area contributed by atoms with Crippen LogP contribution in [0.2, 0.25) is 0 Å². The first-order valence-electron chi connectivity index (χ1n) is 10.2.